The molecule has 0 N–H and O–H groups in total. The van der Waals surface area contributed by atoms with Crippen LogP contribution in [0.1, 0.15) is 97.0 Å². The number of hydrogen-bond donors (Lipinski definition) is 0. The minimum Gasteiger partial charge on any atom is -1.00 e. The van der Waals surface area contributed by atoms with Crippen molar-refractivity contribution < 1.29 is 46.7 Å². The number of hydrogen-bond acceptors (Lipinski definition) is 0. The molecule has 4 aliphatic rings. The van der Waals surface area contributed by atoms with Gasteiger partial charge >= 0.3 is 203 Å². The maximum Gasteiger partial charge on any atom is -1.00 e. The molecule has 0 aromatic heterocycles. The summed E-state index contributed by atoms with van der Waals surface area (Å²) in [7, 11) is 0. The summed E-state index contributed by atoms with van der Waals surface area (Å²) in [4.78, 5) is 0. The quantitative estimate of drug-likeness (QED) is 0.483. The second-order valence-corrected chi connectivity index (χ2v) is 21.2. The molecule has 4 aliphatic carbocycles. The Morgan fingerprint density at radius 3 is 1.79 bits per heavy atom. The van der Waals surface area contributed by atoms with Crippen molar-refractivity contribution in [1.29, 1.82) is 0 Å². The van der Waals surface area contributed by atoms with Gasteiger partial charge in [-0.15, -0.1) is 0 Å². The van der Waals surface area contributed by atoms with E-state index in [1.807, 2.05) is 0 Å². The first-order valence-corrected chi connectivity index (χ1v) is 19.7. The van der Waals surface area contributed by atoms with Gasteiger partial charge in [-0.25, -0.2) is 0 Å². The van der Waals surface area contributed by atoms with E-state index in [9.17, 15) is 0 Å². The van der Waals surface area contributed by atoms with Gasteiger partial charge < -0.3 is 24.8 Å². The Kier molecular flexibility index (Phi) is 10.4. The van der Waals surface area contributed by atoms with Crippen molar-refractivity contribution in [2.24, 2.45) is 5.92 Å². The molecule has 0 radical (unpaired) electrons. The van der Waals surface area contributed by atoms with Crippen molar-refractivity contribution in [3.63, 3.8) is 0 Å². The minimum absolute atomic E-state index is 0. The number of benzene rings is 1. The van der Waals surface area contributed by atoms with E-state index in [4.69, 9.17) is 0 Å². The minimum atomic E-state index is -0.514. The molecule has 177 valence electrons. The Bertz CT molecular complexity index is 930. The molecule has 2 fully saturated rings. The van der Waals surface area contributed by atoms with Gasteiger partial charge in [-0.05, 0) is 0 Å². The standard InChI is InChI=1S/C17H17.C12H22Si.2ClH.Zr/c1-11-8-9-12(2)17-15(11)10-13(3)16(17)14-6-4-5-7-14;1-3-7-11(8-4-1)13-12-9-5-2-6-10-12;;;/h4-10,14H,1-3H3;11-12H,1-10H2;2*1H;/q;;;;+2/p-2. The zero-order valence-corrected chi connectivity index (χ0v) is 25.6. The molecular weight excluding hydrogens is 539 g/mol. The molecule has 1 unspecified atom stereocenters. The third-order valence-corrected chi connectivity index (χ3v) is 24.5. The molecule has 0 amide bonds. The summed E-state index contributed by atoms with van der Waals surface area (Å²) in [6.45, 7) is 7.32. The summed E-state index contributed by atoms with van der Waals surface area (Å²) in [6.07, 6.45) is 24.9. The first-order chi connectivity index (χ1) is 15.1. The van der Waals surface area contributed by atoms with E-state index in [0.29, 0.717) is 5.92 Å². The fraction of sp³-hybridized carbons (Fsp3) is 0.586. The predicted molar refractivity (Wildman–Crippen MR) is 132 cm³/mol. The third-order valence-electron chi connectivity index (χ3n) is 8.57. The predicted octanol–water partition coefficient (Wildman–Crippen LogP) is 2.62. The molecule has 0 aliphatic heterocycles. The fourth-order valence-electron chi connectivity index (χ4n) is 6.93. The molecule has 33 heavy (non-hydrogen) atoms. The van der Waals surface area contributed by atoms with Gasteiger partial charge in [0, 0.05) is 0 Å². The molecule has 0 spiro atoms. The van der Waals surface area contributed by atoms with E-state index in [-0.39, 0.29) is 30.2 Å². The molecule has 0 saturated heterocycles. The molecule has 1 atom stereocenters. The van der Waals surface area contributed by atoms with Gasteiger partial charge in [0.1, 0.15) is 0 Å². The molecule has 0 bridgehead atoms. The van der Waals surface area contributed by atoms with Crippen molar-refractivity contribution in [1.82, 2.24) is 0 Å². The van der Waals surface area contributed by atoms with Crippen LogP contribution in [0.25, 0.3) is 5.57 Å². The SMILES string of the molecule is CC1=C(C2C=CC=C2)c2c(C)ccc(C)c2[CH]1[Zr+2]=[Si](C1CCCCC1)C1CCCCC1.[Cl-].[Cl-]. The Labute approximate surface area is 226 Å². The van der Waals surface area contributed by atoms with Crippen molar-refractivity contribution in [2.75, 3.05) is 0 Å². The van der Waals surface area contributed by atoms with Gasteiger partial charge in [0.05, 0.1) is 0 Å². The molecule has 1 aromatic carbocycles. The monoisotopic (exact) mass is 575 g/mol. The van der Waals surface area contributed by atoms with Crippen molar-refractivity contribution in [3.05, 3.63) is 64.3 Å². The van der Waals surface area contributed by atoms with E-state index >= 15 is 0 Å². The van der Waals surface area contributed by atoms with Gasteiger partial charge in [0.15, 0.2) is 0 Å². The first kappa shape index (κ1) is 27.7. The molecule has 0 nitrogen and oxygen atoms in total. The van der Waals surface area contributed by atoms with Crippen LogP contribution in [0, 0.1) is 19.8 Å². The smallest absolute Gasteiger partial charge is 1.00 e. The van der Waals surface area contributed by atoms with Gasteiger partial charge in [-0.2, -0.15) is 0 Å². The Morgan fingerprint density at radius 2 is 1.24 bits per heavy atom. The average Bonchev–Trinajstić information content (AvgIpc) is 3.42. The summed E-state index contributed by atoms with van der Waals surface area (Å²) in [5, 5.41) is 0. The Hall–Kier alpha value is 0.120. The van der Waals surface area contributed by atoms with Crippen molar-refractivity contribution in [2.45, 2.75) is 99.7 Å². The Balaban J connectivity index is 0.00000153. The summed E-state index contributed by atoms with van der Waals surface area (Å²) in [5.74, 6) is 0.517. The van der Waals surface area contributed by atoms with Gasteiger partial charge in [0.25, 0.3) is 0 Å². The number of allylic oxidation sites excluding steroid dienone is 6. The van der Waals surface area contributed by atoms with Gasteiger partial charge in [-0.3, -0.25) is 0 Å². The number of fused-ring (bicyclic) bond motifs is 1. The molecular formula is C29H39Cl2SiZr. The zero-order valence-electron chi connectivity index (χ0n) is 20.6. The largest absolute Gasteiger partial charge is 1.00 e. The maximum absolute atomic E-state index is 2.54. The van der Waals surface area contributed by atoms with E-state index in [1.54, 1.807) is 53.5 Å². The summed E-state index contributed by atoms with van der Waals surface area (Å²) in [6, 6.07) is 4.83. The first-order valence-electron chi connectivity index (χ1n) is 12.9. The summed E-state index contributed by atoms with van der Waals surface area (Å²) in [5.41, 5.74) is 12.2. The molecule has 2 saturated carbocycles. The fourth-order valence-corrected chi connectivity index (χ4v) is 25.0. The van der Waals surface area contributed by atoms with Crippen LogP contribution < -0.4 is 24.8 Å². The Morgan fingerprint density at radius 1 is 0.727 bits per heavy atom. The second-order valence-electron chi connectivity index (χ2n) is 10.6. The number of rotatable bonds is 4. The van der Waals surface area contributed by atoms with Gasteiger partial charge in [-0.1, -0.05) is 0 Å². The maximum atomic E-state index is 2.54. The van der Waals surface area contributed by atoms with Crippen LogP contribution in [-0.2, 0) is 21.9 Å². The van der Waals surface area contributed by atoms with Crippen molar-refractivity contribution in [3.8, 4) is 0 Å². The zero-order chi connectivity index (χ0) is 21.4. The number of aryl methyl sites for hydroxylation is 2. The van der Waals surface area contributed by atoms with Crippen LogP contribution in [0.4, 0.5) is 0 Å². The molecule has 5 rings (SSSR count). The normalized spacial score (nSPS) is 23.2. The topological polar surface area (TPSA) is 0 Å². The van der Waals surface area contributed by atoms with Gasteiger partial charge in [0.2, 0.25) is 0 Å². The van der Waals surface area contributed by atoms with E-state index in [1.165, 1.54) is 44.1 Å². The molecule has 1 aromatic rings. The van der Waals surface area contributed by atoms with Crippen LogP contribution >= 0.6 is 0 Å². The molecule has 0 heterocycles. The van der Waals surface area contributed by atoms with Crippen molar-refractivity contribution >= 4 is 11.0 Å². The van der Waals surface area contributed by atoms with E-state index in [0.717, 1.165) is 14.7 Å². The van der Waals surface area contributed by atoms with Crippen LogP contribution in [0.5, 0.6) is 0 Å². The average molecular weight is 578 g/mol. The van der Waals surface area contributed by atoms with E-state index in [2.05, 4.69) is 57.2 Å². The summed E-state index contributed by atoms with van der Waals surface area (Å²) >= 11 is -0.514. The van der Waals surface area contributed by atoms with Crippen LogP contribution in [-0.4, -0.2) is 5.43 Å². The summed E-state index contributed by atoms with van der Waals surface area (Å²) < 4.78 is 0.855. The second kappa shape index (κ2) is 12.4. The van der Waals surface area contributed by atoms with Crippen LogP contribution in [0.2, 0.25) is 11.1 Å². The third kappa shape index (κ3) is 5.60. The van der Waals surface area contributed by atoms with E-state index < -0.39 is 21.9 Å². The number of halogens is 2. The van der Waals surface area contributed by atoms with Crippen LogP contribution in [0.3, 0.4) is 0 Å². The molecule has 4 heteroatoms. The van der Waals surface area contributed by atoms with Crippen LogP contribution in [0.15, 0.2) is 42.0 Å².